The van der Waals surface area contributed by atoms with Crippen molar-refractivity contribution in [1.82, 2.24) is 19.7 Å². The third kappa shape index (κ3) is 3.00. The maximum Gasteiger partial charge on any atom is 0.245 e. The molecule has 4 heterocycles. The van der Waals surface area contributed by atoms with Crippen molar-refractivity contribution in [2.24, 2.45) is 23.8 Å². The molecule has 2 aliphatic heterocycles. The van der Waals surface area contributed by atoms with Gasteiger partial charge in [0.1, 0.15) is 0 Å². The van der Waals surface area contributed by atoms with Gasteiger partial charge in [-0.1, -0.05) is 32.6 Å². The fourth-order valence-electron chi connectivity index (χ4n) is 7.75. The van der Waals surface area contributed by atoms with Gasteiger partial charge in [-0.3, -0.25) is 9.48 Å². The summed E-state index contributed by atoms with van der Waals surface area (Å²) in [7, 11) is 1.94. The molecule has 0 N–H and O–H groups in total. The van der Waals surface area contributed by atoms with Crippen LogP contribution in [0.4, 0.5) is 10.2 Å². The summed E-state index contributed by atoms with van der Waals surface area (Å²) < 4.78 is 18.8. The van der Waals surface area contributed by atoms with E-state index in [-0.39, 0.29) is 22.6 Å². The van der Waals surface area contributed by atoms with Gasteiger partial charge in [0.25, 0.3) is 0 Å². The number of likely N-dealkylation sites (tertiary alicyclic amines) is 1. The molecule has 5 aliphatic rings. The monoisotopic (exact) mass is 499 g/mol. The summed E-state index contributed by atoms with van der Waals surface area (Å²) in [5.41, 5.74) is 6.11. The zero-order chi connectivity index (χ0) is 25.9. The molecule has 1 saturated carbocycles. The first kappa shape index (κ1) is 22.9. The highest BCUT2D eigenvalue weighted by atomic mass is 19.1. The quantitative estimate of drug-likeness (QED) is 0.477. The van der Waals surface area contributed by atoms with Gasteiger partial charge in [0.05, 0.1) is 17.4 Å². The van der Waals surface area contributed by atoms with Gasteiger partial charge in [0.2, 0.25) is 5.91 Å². The van der Waals surface area contributed by atoms with Crippen LogP contribution in [0.2, 0.25) is 0 Å². The molecule has 192 valence electrons. The highest BCUT2D eigenvalue weighted by Gasteiger charge is 2.55. The average Bonchev–Trinajstić information content (AvgIpc) is 3.47. The maximum absolute atomic E-state index is 16.9. The predicted octanol–water partition coefficient (Wildman–Crippen LogP) is 4.99. The second-order valence-corrected chi connectivity index (χ2v) is 12.5. The Balaban J connectivity index is 1.38. The summed E-state index contributed by atoms with van der Waals surface area (Å²) in [6.45, 7) is 13.3. The van der Waals surface area contributed by atoms with Crippen LogP contribution in [-0.2, 0) is 18.3 Å². The van der Waals surface area contributed by atoms with Gasteiger partial charge in [-0.2, -0.15) is 5.10 Å². The van der Waals surface area contributed by atoms with Gasteiger partial charge in [-0.05, 0) is 54.7 Å². The number of hydrogen-bond acceptors (Lipinski definition) is 4. The molecule has 2 atom stereocenters. The molecule has 2 saturated heterocycles. The molecule has 1 aromatic carbocycles. The van der Waals surface area contributed by atoms with Crippen molar-refractivity contribution in [3.8, 4) is 11.1 Å². The minimum Gasteiger partial charge on any atom is -0.353 e. The van der Waals surface area contributed by atoms with Crippen LogP contribution in [0, 0.1) is 29.5 Å². The fourth-order valence-corrected chi connectivity index (χ4v) is 7.75. The summed E-state index contributed by atoms with van der Waals surface area (Å²) in [4.78, 5) is 21.2. The van der Waals surface area contributed by atoms with E-state index in [1.165, 1.54) is 6.08 Å². The van der Waals surface area contributed by atoms with Gasteiger partial charge in [-0.15, -0.1) is 0 Å². The van der Waals surface area contributed by atoms with Gasteiger partial charge >= 0.3 is 0 Å². The number of pyridine rings is 1. The average molecular weight is 500 g/mol. The van der Waals surface area contributed by atoms with Crippen LogP contribution in [0.3, 0.4) is 0 Å². The number of fused-ring (bicyclic) bond motifs is 1. The Hall–Kier alpha value is -3.22. The van der Waals surface area contributed by atoms with E-state index in [9.17, 15) is 4.79 Å². The second kappa shape index (κ2) is 7.42. The summed E-state index contributed by atoms with van der Waals surface area (Å²) in [5, 5.41) is 5.53. The highest BCUT2D eigenvalue weighted by Crippen LogP contribution is 2.63. The molecule has 1 amide bonds. The Bertz CT molecular complexity index is 1500. The number of amides is 1. The smallest absolute Gasteiger partial charge is 0.245 e. The Kier molecular flexibility index (Phi) is 4.60. The highest BCUT2D eigenvalue weighted by molar-refractivity contribution is 5.97. The lowest BCUT2D eigenvalue weighted by Crippen LogP contribution is -2.59. The SMILES string of the molecule is C=CC(=O)N1CC2(CCN(c3nc4c(c(-c5c(C)ccc6cnn(C)c56)c3F)C[C@H]3C[C@@H]4C3(C)C)C2)C1. The minimum atomic E-state index is -0.204. The number of carbonyl (C=O) groups is 1. The first-order valence-corrected chi connectivity index (χ1v) is 13.4. The topological polar surface area (TPSA) is 54.3 Å². The standard InChI is InChI=1S/C30H34FN5O/c1-6-22(37)36-15-30(16-36)9-10-35(14-30)28-25(31)24(20-11-19-12-21(26(20)33-28)29(19,3)4)23-17(2)7-8-18-13-32-34(5)27(18)23/h6-8,13,19,21H,1,9-12,14-16H2,2-5H3/t19-,21-/m0/s1. The van der Waals surface area contributed by atoms with Crippen LogP contribution < -0.4 is 4.90 Å². The molecule has 37 heavy (non-hydrogen) atoms. The van der Waals surface area contributed by atoms with E-state index in [0.29, 0.717) is 30.7 Å². The number of hydrogen-bond donors (Lipinski definition) is 0. The van der Waals surface area contributed by atoms with Crippen LogP contribution >= 0.6 is 0 Å². The van der Waals surface area contributed by atoms with Crippen molar-refractivity contribution < 1.29 is 9.18 Å². The van der Waals surface area contributed by atoms with Gasteiger partial charge in [0.15, 0.2) is 11.6 Å². The van der Waals surface area contributed by atoms with E-state index in [2.05, 4.69) is 49.5 Å². The third-order valence-electron chi connectivity index (χ3n) is 10.1. The number of anilines is 1. The number of benzene rings is 1. The molecular formula is C30H34FN5O. The van der Waals surface area contributed by atoms with Crippen LogP contribution in [0.15, 0.2) is 31.0 Å². The lowest BCUT2D eigenvalue weighted by atomic mass is 9.48. The number of aryl methyl sites for hydroxylation is 2. The van der Waals surface area contributed by atoms with Crippen molar-refractivity contribution in [3.05, 3.63) is 53.6 Å². The van der Waals surface area contributed by atoms with Gasteiger partial charge < -0.3 is 9.80 Å². The van der Waals surface area contributed by atoms with E-state index >= 15 is 4.39 Å². The first-order valence-electron chi connectivity index (χ1n) is 13.4. The van der Waals surface area contributed by atoms with Crippen molar-refractivity contribution >= 4 is 22.6 Å². The lowest BCUT2D eigenvalue weighted by molar-refractivity contribution is -0.136. The van der Waals surface area contributed by atoms with E-state index in [0.717, 1.165) is 71.2 Å². The number of rotatable bonds is 3. The van der Waals surface area contributed by atoms with Crippen LogP contribution in [0.25, 0.3) is 22.0 Å². The zero-order valence-corrected chi connectivity index (χ0v) is 22.1. The molecule has 0 unspecified atom stereocenters. The Morgan fingerprint density at radius 1 is 1.22 bits per heavy atom. The summed E-state index contributed by atoms with van der Waals surface area (Å²) in [6, 6.07) is 4.16. The van der Waals surface area contributed by atoms with Crippen molar-refractivity contribution in [3.63, 3.8) is 0 Å². The largest absolute Gasteiger partial charge is 0.353 e. The number of carbonyl (C=O) groups excluding carboxylic acids is 1. The Morgan fingerprint density at radius 2 is 2.00 bits per heavy atom. The normalized spacial score (nSPS) is 24.7. The molecule has 7 heteroatoms. The van der Waals surface area contributed by atoms with E-state index in [4.69, 9.17) is 4.98 Å². The van der Waals surface area contributed by atoms with Crippen molar-refractivity contribution in [1.29, 1.82) is 0 Å². The molecule has 1 spiro atoms. The Labute approximate surface area is 217 Å². The zero-order valence-electron chi connectivity index (χ0n) is 22.1. The summed E-state index contributed by atoms with van der Waals surface area (Å²) in [6.07, 6.45) is 6.19. The molecule has 6 nitrogen and oxygen atoms in total. The van der Waals surface area contributed by atoms with Crippen molar-refractivity contribution in [2.75, 3.05) is 31.1 Å². The van der Waals surface area contributed by atoms with E-state index < -0.39 is 0 Å². The second-order valence-electron chi connectivity index (χ2n) is 12.5. The van der Waals surface area contributed by atoms with Crippen LogP contribution in [-0.4, -0.2) is 51.8 Å². The molecule has 8 rings (SSSR count). The molecular weight excluding hydrogens is 465 g/mol. The summed E-state index contributed by atoms with van der Waals surface area (Å²) in [5.74, 6) is 1.17. The lowest BCUT2D eigenvalue weighted by Gasteiger charge is -2.57. The number of nitrogens with zero attached hydrogens (tertiary/aromatic N) is 5. The molecule has 2 aromatic heterocycles. The first-order chi connectivity index (χ1) is 17.6. The number of halogens is 1. The predicted molar refractivity (Wildman–Crippen MR) is 143 cm³/mol. The van der Waals surface area contributed by atoms with E-state index in [1.54, 1.807) is 0 Å². The molecule has 3 aliphatic carbocycles. The molecule has 2 bridgehead atoms. The van der Waals surface area contributed by atoms with E-state index in [1.807, 2.05) is 22.8 Å². The minimum absolute atomic E-state index is 0.0155. The molecule has 0 radical (unpaired) electrons. The third-order valence-corrected chi connectivity index (χ3v) is 10.1. The van der Waals surface area contributed by atoms with Gasteiger partial charge in [-0.25, -0.2) is 9.37 Å². The maximum atomic E-state index is 16.9. The number of aromatic nitrogens is 3. The molecule has 3 aromatic rings. The van der Waals surface area contributed by atoms with Crippen LogP contribution in [0.1, 0.15) is 49.4 Å². The molecule has 3 fully saturated rings. The van der Waals surface area contributed by atoms with Gasteiger partial charge in [0, 0.05) is 61.1 Å². The van der Waals surface area contributed by atoms with Crippen molar-refractivity contribution in [2.45, 2.75) is 46.0 Å². The van der Waals surface area contributed by atoms with Crippen LogP contribution in [0.5, 0.6) is 0 Å². The fraction of sp³-hybridized carbons (Fsp3) is 0.500. The summed E-state index contributed by atoms with van der Waals surface area (Å²) >= 11 is 0. The Morgan fingerprint density at radius 3 is 2.73 bits per heavy atom.